The highest BCUT2D eigenvalue weighted by atomic mass is 16.5. The predicted molar refractivity (Wildman–Crippen MR) is 72.0 cm³/mol. The fraction of sp³-hybridized carbons (Fsp3) is 0.692. The van der Waals surface area contributed by atoms with Gasteiger partial charge in [-0.15, -0.1) is 0 Å². The van der Waals surface area contributed by atoms with E-state index in [1.807, 2.05) is 27.7 Å². The molecule has 5 heteroatoms. The number of aliphatic hydroxyl groups excluding tert-OH is 1. The van der Waals surface area contributed by atoms with Gasteiger partial charge >= 0.3 is 0 Å². The highest BCUT2D eigenvalue weighted by Gasteiger charge is 2.26. The Kier molecular flexibility index (Phi) is 5.34. The average molecular weight is 253 g/mol. The van der Waals surface area contributed by atoms with Crippen LogP contribution < -0.4 is 10.1 Å². The molecule has 102 valence electrons. The van der Waals surface area contributed by atoms with Gasteiger partial charge in [0.05, 0.1) is 24.3 Å². The molecule has 0 aromatic carbocycles. The van der Waals surface area contributed by atoms with Crippen LogP contribution in [0.3, 0.4) is 0 Å². The third-order valence-corrected chi connectivity index (χ3v) is 3.36. The lowest BCUT2D eigenvalue weighted by molar-refractivity contribution is 0.202. The third-order valence-electron chi connectivity index (χ3n) is 3.36. The summed E-state index contributed by atoms with van der Waals surface area (Å²) in [6.07, 6.45) is 3.13. The molecule has 0 saturated heterocycles. The number of hydrogen-bond acceptors (Lipinski definition) is 5. The van der Waals surface area contributed by atoms with Gasteiger partial charge in [0.15, 0.2) is 0 Å². The van der Waals surface area contributed by atoms with Crippen molar-refractivity contribution < 1.29 is 9.84 Å². The third kappa shape index (κ3) is 3.10. The summed E-state index contributed by atoms with van der Waals surface area (Å²) in [6.45, 7) is 8.59. The molecule has 0 atom stereocenters. The fourth-order valence-electron chi connectivity index (χ4n) is 1.78. The van der Waals surface area contributed by atoms with Gasteiger partial charge in [-0.2, -0.15) is 0 Å². The SMILES string of the molecule is CCOc1ncnc(NC(CC)(CC)CO)c1C. The van der Waals surface area contributed by atoms with Crippen LogP contribution >= 0.6 is 0 Å². The normalized spacial score (nSPS) is 11.4. The average Bonchev–Trinajstić information content (AvgIpc) is 2.41. The summed E-state index contributed by atoms with van der Waals surface area (Å²) >= 11 is 0. The Labute approximate surface area is 109 Å². The van der Waals surface area contributed by atoms with Crippen molar-refractivity contribution in [2.75, 3.05) is 18.5 Å². The van der Waals surface area contributed by atoms with Gasteiger partial charge in [0.1, 0.15) is 12.1 Å². The minimum atomic E-state index is -0.331. The molecule has 0 spiro atoms. The largest absolute Gasteiger partial charge is 0.478 e. The van der Waals surface area contributed by atoms with Crippen LogP contribution in [0, 0.1) is 6.92 Å². The first-order valence-electron chi connectivity index (χ1n) is 6.45. The monoisotopic (exact) mass is 253 g/mol. The van der Waals surface area contributed by atoms with E-state index < -0.39 is 0 Å². The Balaban J connectivity index is 2.99. The maximum atomic E-state index is 9.56. The Morgan fingerprint density at radius 1 is 1.28 bits per heavy atom. The molecule has 0 amide bonds. The van der Waals surface area contributed by atoms with Crippen molar-refractivity contribution in [2.45, 2.75) is 46.1 Å². The van der Waals surface area contributed by atoms with E-state index in [0.29, 0.717) is 12.5 Å². The number of nitrogens with one attached hydrogen (secondary N) is 1. The highest BCUT2D eigenvalue weighted by molar-refractivity contribution is 5.49. The molecule has 1 rings (SSSR count). The lowest BCUT2D eigenvalue weighted by atomic mass is 9.94. The molecule has 0 saturated carbocycles. The van der Waals surface area contributed by atoms with Gasteiger partial charge in [-0.3, -0.25) is 0 Å². The molecule has 18 heavy (non-hydrogen) atoms. The molecule has 1 aromatic rings. The highest BCUT2D eigenvalue weighted by Crippen LogP contribution is 2.26. The molecular formula is C13H23N3O2. The van der Waals surface area contributed by atoms with Crippen molar-refractivity contribution in [1.82, 2.24) is 9.97 Å². The van der Waals surface area contributed by atoms with E-state index in [1.54, 1.807) is 0 Å². The molecule has 2 N–H and O–H groups in total. The zero-order chi connectivity index (χ0) is 13.6. The number of rotatable bonds is 7. The molecular weight excluding hydrogens is 230 g/mol. The molecule has 0 aliphatic heterocycles. The Morgan fingerprint density at radius 3 is 2.44 bits per heavy atom. The van der Waals surface area contributed by atoms with Gasteiger partial charge in [-0.1, -0.05) is 13.8 Å². The van der Waals surface area contributed by atoms with Gasteiger partial charge in [-0.05, 0) is 26.7 Å². The van der Waals surface area contributed by atoms with Gasteiger partial charge in [0, 0.05) is 0 Å². The van der Waals surface area contributed by atoms with Crippen LogP contribution in [0.2, 0.25) is 0 Å². The van der Waals surface area contributed by atoms with Crippen LogP contribution in [0.25, 0.3) is 0 Å². The molecule has 0 radical (unpaired) electrons. The first-order chi connectivity index (χ1) is 8.62. The quantitative estimate of drug-likeness (QED) is 0.779. The number of hydrogen-bond donors (Lipinski definition) is 2. The second-order valence-electron chi connectivity index (χ2n) is 4.36. The molecule has 5 nitrogen and oxygen atoms in total. The van der Waals surface area contributed by atoms with Crippen LogP contribution in [-0.4, -0.2) is 33.8 Å². The summed E-state index contributed by atoms with van der Waals surface area (Å²) in [5, 5.41) is 12.9. The minimum Gasteiger partial charge on any atom is -0.478 e. The Morgan fingerprint density at radius 2 is 1.94 bits per heavy atom. The van der Waals surface area contributed by atoms with Crippen LogP contribution in [-0.2, 0) is 0 Å². The second kappa shape index (κ2) is 6.54. The van der Waals surface area contributed by atoms with Crippen molar-refractivity contribution in [3.8, 4) is 5.88 Å². The van der Waals surface area contributed by atoms with Crippen LogP contribution in [0.15, 0.2) is 6.33 Å². The van der Waals surface area contributed by atoms with Crippen LogP contribution in [0.4, 0.5) is 5.82 Å². The smallest absolute Gasteiger partial charge is 0.221 e. The number of aromatic nitrogens is 2. The predicted octanol–water partition coefficient (Wildman–Crippen LogP) is 2.15. The molecule has 1 aromatic heterocycles. The van der Waals surface area contributed by atoms with Crippen LogP contribution in [0.1, 0.15) is 39.2 Å². The van der Waals surface area contributed by atoms with Crippen molar-refractivity contribution in [1.29, 1.82) is 0 Å². The summed E-state index contributed by atoms with van der Waals surface area (Å²) in [4.78, 5) is 8.34. The zero-order valence-electron chi connectivity index (χ0n) is 11.7. The van der Waals surface area contributed by atoms with E-state index in [1.165, 1.54) is 6.33 Å². The number of nitrogens with zero attached hydrogens (tertiary/aromatic N) is 2. The summed E-state index contributed by atoms with van der Waals surface area (Å²) in [6, 6.07) is 0. The summed E-state index contributed by atoms with van der Waals surface area (Å²) in [5.41, 5.74) is 0.543. The van der Waals surface area contributed by atoms with Crippen molar-refractivity contribution in [2.24, 2.45) is 0 Å². The van der Waals surface area contributed by atoms with E-state index >= 15 is 0 Å². The number of ether oxygens (including phenoxy) is 1. The van der Waals surface area contributed by atoms with E-state index in [4.69, 9.17) is 4.74 Å². The summed E-state index contributed by atoms with van der Waals surface area (Å²) < 4.78 is 5.44. The Bertz CT molecular complexity index is 370. The van der Waals surface area contributed by atoms with E-state index in [0.717, 1.165) is 24.2 Å². The van der Waals surface area contributed by atoms with E-state index in [9.17, 15) is 5.11 Å². The lowest BCUT2D eigenvalue weighted by Gasteiger charge is -2.32. The minimum absolute atomic E-state index is 0.0768. The molecule has 0 fully saturated rings. The van der Waals surface area contributed by atoms with Crippen LogP contribution in [0.5, 0.6) is 5.88 Å². The Hall–Kier alpha value is -1.36. The first-order valence-corrected chi connectivity index (χ1v) is 6.45. The molecule has 0 aliphatic rings. The topological polar surface area (TPSA) is 67.3 Å². The number of anilines is 1. The maximum Gasteiger partial charge on any atom is 0.221 e. The second-order valence-corrected chi connectivity index (χ2v) is 4.36. The van der Waals surface area contributed by atoms with Gasteiger partial charge < -0.3 is 15.2 Å². The van der Waals surface area contributed by atoms with Gasteiger partial charge in [0.25, 0.3) is 0 Å². The molecule has 0 unspecified atom stereocenters. The molecule has 0 bridgehead atoms. The zero-order valence-corrected chi connectivity index (χ0v) is 11.7. The standard InChI is InChI=1S/C13H23N3O2/c1-5-13(6-2,8-17)16-11-10(4)12(18-7-3)15-9-14-11/h9,17H,5-8H2,1-4H3,(H,14,15,16). The fourth-order valence-corrected chi connectivity index (χ4v) is 1.78. The van der Waals surface area contributed by atoms with Gasteiger partial charge in [-0.25, -0.2) is 9.97 Å². The van der Waals surface area contributed by atoms with E-state index in [-0.39, 0.29) is 12.1 Å². The first kappa shape index (κ1) is 14.7. The maximum absolute atomic E-state index is 9.56. The van der Waals surface area contributed by atoms with Crippen molar-refractivity contribution in [3.63, 3.8) is 0 Å². The number of aliphatic hydroxyl groups is 1. The lowest BCUT2D eigenvalue weighted by Crippen LogP contribution is -2.41. The van der Waals surface area contributed by atoms with Crippen molar-refractivity contribution >= 4 is 5.82 Å². The molecule has 1 heterocycles. The van der Waals surface area contributed by atoms with Crippen molar-refractivity contribution in [3.05, 3.63) is 11.9 Å². The molecule has 0 aliphatic carbocycles. The summed E-state index contributed by atoms with van der Waals surface area (Å²) in [5.74, 6) is 1.32. The summed E-state index contributed by atoms with van der Waals surface area (Å²) in [7, 11) is 0. The van der Waals surface area contributed by atoms with Gasteiger partial charge in [0.2, 0.25) is 5.88 Å². The van der Waals surface area contributed by atoms with E-state index in [2.05, 4.69) is 15.3 Å².